The van der Waals surface area contributed by atoms with Crippen molar-refractivity contribution in [1.82, 2.24) is 50.3 Å². The van der Waals surface area contributed by atoms with E-state index in [0.717, 1.165) is 32.7 Å². The van der Waals surface area contributed by atoms with Gasteiger partial charge in [-0.1, -0.05) is 0 Å². The summed E-state index contributed by atoms with van der Waals surface area (Å²) in [6.45, 7) is 3.79. The normalized spacial score (nSPS) is 13.1. The van der Waals surface area contributed by atoms with Crippen molar-refractivity contribution in [3.8, 4) is 34.6 Å². The number of pyridine rings is 1. The highest BCUT2D eigenvalue weighted by Crippen LogP contribution is 2.39. The molecule has 0 saturated carbocycles. The summed E-state index contributed by atoms with van der Waals surface area (Å²) >= 11 is 0. The Balaban J connectivity index is 1.62. The number of rotatable bonds is 9. The smallest absolute Gasteiger partial charge is 0.435 e. The van der Waals surface area contributed by atoms with Crippen molar-refractivity contribution in [1.29, 1.82) is 5.26 Å². The largest absolute Gasteiger partial charge is 0.478 e. The van der Waals surface area contributed by atoms with Crippen LogP contribution in [0, 0.1) is 25.3 Å². The maximum atomic E-state index is 14.1. The molecule has 3 N–H and O–H groups in total. The minimum absolute atomic E-state index is 0.0482. The van der Waals surface area contributed by atoms with Crippen LogP contribution < -0.4 is 20.7 Å². The monoisotopic (exact) mass is 796 g/mol. The van der Waals surface area contributed by atoms with Crippen LogP contribution in [-0.4, -0.2) is 57.5 Å². The Kier molecular flexibility index (Phi) is 11.2. The number of alkyl halides is 9. The molecule has 5 rings (SSSR count). The van der Waals surface area contributed by atoms with E-state index >= 15 is 0 Å². The summed E-state index contributed by atoms with van der Waals surface area (Å²) in [5.74, 6) is -0.988. The van der Waals surface area contributed by atoms with Crippen molar-refractivity contribution in [2.45, 2.75) is 52.0 Å². The first-order valence-corrected chi connectivity index (χ1v) is 16.0. The third-order valence-corrected chi connectivity index (χ3v) is 7.76. The summed E-state index contributed by atoms with van der Waals surface area (Å²) < 4.78 is 132. The van der Waals surface area contributed by atoms with Crippen LogP contribution >= 0.6 is 0 Å². The molecule has 0 bridgehead atoms. The van der Waals surface area contributed by atoms with E-state index in [1.54, 1.807) is 6.19 Å². The molecule has 15 nitrogen and oxygen atoms in total. The summed E-state index contributed by atoms with van der Waals surface area (Å²) in [6.07, 6.45) is -12.5. The number of hydrogen-bond donors (Lipinski definition) is 2. The minimum Gasteiger partial charge on any atom is -0.478 e. The number of aryl methyl sites for hydroxylation is 4. The molecular formula is C32H29F9N14O. The van der Waals surface area contributed by atoms with Crippen molar-refractivity contribution in [3.05, 3.63) is 76.3 Å². The van der Waals surface area contributed by atoms with Crippen molar-refractivity contribution in [2.75, 3.05) is 11.5 Å². The number of hydrogen-bond acceptors (Lipinski definition) is 11. The Hall–Kier alpha value is -6.38. The number of anilines is 1. The number of ether oxygens (including phenoxy) is 1. The van der Waals surface area contributed by atoms with Crippen LogP contribution in [0.15, 0.2) is 41.7 Å². The molecule has 56 heavy (non-hydrogen) atoms. The average Bonchev–Trinajstić information content (AvgIpc) is 3.69. The van der Waals surface area contributed by atoms with Gasteiger partial charge in [-0.05, 0) is 50.1 Å². The van der Waals surface area contributed by atoms with Crippen LogP contribution in [0.5, 0.6) is 5.88 Å². The fourth-order valence-corrected chi connectivity index (χ4v) is 5.47. The van der Waals surface area contributed by atoms with Gasteiger partial charge in [0.15, 0.2) is 23.3 Å². The van der Waals surface area contributed by atoms with Gasteiger partial charge in [0, 0.05) is 32.6 Å². The number of aromatic nitrogens is 9. The van der Waals surface area contributed by atoms with E-state index < -0.39 is 65.7 Å². The molecule has 1 atom stereocenters. The molecule has 0 aliphatic rings. The minimum atomic E-state index is -5.01. The van der Waals surface area contributed by atoms with Crippen LogP contribution in [-0.2, 0) is 39.2 Å². The molecule has 0 amide bonds. The van der Waals surface area contributed by atoms with Crippen molar-refractivity contribution < 1.29 is 44.3 Å². The van der Waals surface area contributed by atoms with Crippen molar-refractivity contribution >= 4 is 11.6 Å². The van der Waals surface area contributed by atoms with Crippen LogP contribution in [0.25, 0.3) is 22.5 Å². The molecule has 296 valence electrons. The third-order valence-electron chi connectivity index (χ3n) is 7.76. The molecule has 0 aromatic carbocycles. The Morgan fingerprint density at radius 1 is 0.857 bits per heavy atom. The average molecular weight is 797 g/mol. The van der Waals surface area contributed by atoms with Gasteiger partial charge in [0.2, 0.25) is 11.8 Å². The maximum absolute atomic E-state index is 14.1. The molecule has 0 aliphatic heterocycles. The van der Waals surface area contributed by atoms with Crippen LogP contribution in [0.2, 0.25) is 0 Å². The number of nitriles is 1. The van der Waals surface area contributed by atoms with E-state index in [2.05, 4.69) is 45.9 Å². The second-order valence-electron chi connectivity index (χ2n) is 12.0. The first-order valence-electron chi connectivity index (χ1n) is 16.0. The summed E-state index contributed by atoms with van der Waals surface area (Å²) in [4.78, 5) is 8.73. The van der Waals surface area contributed by atoms with Gasteiger partial charge in [-0.2, -0.15) is 65.2 Å². The first-order chi connectivity index (χ1) is 26.1. The van der Waals surface area contributed by atoms with Crippen LogP contribution in [0.1, 0.15) is 52.7 Å². The van der Waals surface area contributed by atoms with E-state index in [0.29, 0.717) is 6.07 Å². The zero-order valence-corrected chi connectivity index (χ0v) is 29.7. The number of nitrogens with two attached hydrogens (primary N) is 1. The second-order valence-corrected chi connectivity index (χ2v) is 12.0. The van der Waals surface area contributed by atoms with Crippen LogP contribution in [0.4, 0.5) is 45.2 Å². The highest BCUT2D eigenvalue weighted by molar-refractivity contribution is 5.97. The quantitative estimate of drug-likeness (QED) is 0.0469. The summed E-state index contributed by atoms with van der Waals surface area (Å²) in [6, 6.07) is 4.25. The number of aliphatic imine (C=N–C) groups is 1. The zero-order chi connectivity index (χ0) is 41.3. The number of halogens is 9. The van der Waals surface area contributed by atoms with Gasteiger partial charge >= 0.3 is 18.5 Å². The van der Waals surface area contributed by atoms with Gasteiger partial charge < -0.3 is 10.5 Å². The molecule has 0 radical (unpaired) electrons. The highest BCUT2D eigenvalue weighted by Gasteiger charge is 2.40. The SMILES string of the molecule is CCOc1cc(N(C(=NCc2cc(C)c(-c3cn(C)nc3C(F)(F)F)nn2)NC#N)C(N)c2cc(C)c(-c3cn(C)nc3C(F)(F)F)nn2)cc(C(F)(F)F)n1. The number of guanidine groups is 1. The lowest BCUT2D eigenvalue weighted by Crippen LogP contribution is -2.46. The third kappa shape index (κ3) is 8.77. The van der Waals surface area contributed by atoms with E-state index in [1.165, 1.54) is 47.0 Å². The highest BCUT2D eigenvalue weighted by atomic mass is 19.4. The Morgan fingerprint density at radius 2 is 1.41 bits per heavy atom. The van der Waals surface area contributed by atoms with E-state index in [1.807, 2.05) is 0 Å². The topological polar surface area (TPSA) is 187 Å². The molecule has 5 aromatic rings. The molecular weight excluding hydrogens is 767 g/mol. The standard InChI is InChI=1S/C32H29F9N14O/c1-6-56-23-10-18(9-22(46-23)30(33,34)35)55(28(43)21-8-16(3)25(50-48-21)20-13-54(5)52-27(20)32(39,40)41)29(45-14-42)44-11-17-7-15(2)24(49-47-17)19-12-53(4)51-26(19)31(36,37)38/h7-10,12-13,28H,6,11,43H2,1-5H3,(H,44,45). The fourth-order valence-electron chi connectivity index (χ4n) is 5.47. The van der Waals surface area contributed by atoms with E-state index in [4.69, 9.17) is 10.5 Å². The molecule has 0 saturated heterocycles. The van der Waals surface area contributed by atoms with Gasteiger partial charge in [-0.3, -0.25) is 19.6 Å². The van der Waals surface area contributed by atoms with E-state index in [9.17, 15) is 44.8 Å². The molecule has 24 heteroatoms. The second kappa shape index (κ2) is 15.4. The predicted octanol–water partition coefficient (Wildman–Crippen LogP) is 5.63. The van der Waals surface area contributed by atoms with Crippen molar-refractivity contribution in [2.24, 2.45) is 24.8 Å². The summed E-state index contributed by atoms with van der Waals surface area (Å²) in [7, 11) is 2.58. The van der Waals surface area contributed by atoms with Crippen molar-refractivity contribution in [3.63, 3.8) is 0 Å². The lowest BCUT2D eigenvalue weighted by Gasteiger charge is -2.31. The molecule has 0 fully saturated rings. The first kappa shape index (κ1) is 40.8. The van der Waals surface area contributed by atoms with Gasteiger partial charge in [0.25, 0.3) is 0 Å². The molecule has 0 aliphatic carbocycles. The molecule has 5 heterocycles. The van der Waals surface area contributed by atoms with Gasteiger partial charge in [0.05, 0.1) is 47.0 Å². The van der Waals surface area contributed by atoms with Gasteiger partial charge in [-0.15, -0.1) is 10.2 Å². The Bertz CT molecular complexity index is 2310. The van der Waals surface area contributed by atoms with Gasteiger partial charge in [-0.25, -0.2) is 9.98 Å². The molecule has 5 aromatic heterocycles. The zero-order valence-electron chi connectivity index (χ0n) is 29.7. The summed E-state index contributed by atoms with van der Waals surface area (Å²) in [5, 5.41) is 34.8. The van der Waals surface area contributed by atoms with Crippen LogP contribution in [0.3, 0.4) is 0 Å². The lowest BCUT2D eigenvalue weighted by atomic mass is 10.1. The Morgan fingerprint density at radius 3 is 1.89 bits per heavy atom. The maximum Gasteiger partial charge on any atom is 0.435 e. The molecule has 1 unspecified atom stereocenters. The van der Waals surface area contributed by atoms with Gasteiger partial charge in [0.1, 0.15) is 11.9 Å². The lowest BCUT2D eigenvalue weighted by molar-refractivity contribution is -0.142. The number of nitrogens with one attached hydrogen (secondary N) is 1. The van der Waals surface area contributed by atoms with E-state index in [-0.39, 0.29) is 51.8 Å². The number of nitrogens with zero attached hydrogens (tertiary/aromatic N) is 12. The summed E-state index contributed by atoms with van der Waals surface area (Å²) in [5.41, 5.74) is 1.46. The fraction of sp³-hybridized carbons (Fsp3) is 0.344. The predicted molar refractivity (Wildman–Crippen MR) is 178 cm³/mol. The molecule has 0 spiro atoms. The Labute approximate surface area is 310 Å².